The predicted octanol–water partition coefficient (Wildman–Crippen LogP) is 2.52. The van der Waals surface area contributed by atoms with Gasteiger partial charge in [0.2, 0.25) is 11.6 Å². The van der Waals surface area contributed by atoms with E-state index in [-0.39, 0.29) is 32.7 Å². The van der Waals surface area contributed by atoms with Gasteiger partial charge in [0.1, 0.15) is 0 Å². The molecule has 1 rings (SSSR count). The Balaban J connectivity index is 2.06. The van der Waals surface area contributed by atoms with Gasteiger partial charge in [-0.05, 0) is 6.42 Å². The van der Waals surface area contributed by atoms with Crippen molar-refractivity contribution in [2.45, 2.75) is 19.8 Å². The van der Waals surface area contributed by atoms with E-state index in [0.29, 0.717) is 39.6 Å². The topological polar surface area (TPSA) is 102 Å². The Kier molecular flexibility index (Phi) is 14.8. The number of halogens is 4. The SMILES string of the molecule is CCc1c(F)c(F)c(F)c(F)c1OC(=O)CCOCCOCCOCCOCCNC(=O)OC. The van der Waals surface area contributed by atoms with Crippen LogP contribution in [-0.4, -0.2) is 78.6 Å². The van der Waals surface area contributed by atoms with E-state index in [4.69, 9.17) is 23.7 Å². The normalized spacial score (nSPS) is 10.9. The number of carbonyl (C=O) groups is 2. The Labute approximate surface area is 194 Å². The van der Waals surface area contributed by atoms with Crippen LogP contribution in [0.2, 0.25) is 0 Å². The number of methoxy groups -OCH3 is 1. The average molecular weight is 499 g/mol. The van der Waals surface area contributed by atoms with Crippen molar-refractivity contribution >= 4 is 12.1 Å². The summed E-state index contributed by atoms with van der Waals surface area (Å²) in [6.45, 7) is 3.63. The third-order valence-electron chi connectivity index (χ3n) is 4.15. The van der Waals surface area contributed by atoms with Gasteiger partial charge in [0.05, 0.1) is 66.4 Å². The maximum absolute atomic E-state index is 13.9. The lowest BCUT2D eigenvalue weighted by Gasteiger charge is -2.12. The molecule has 0 spiro atoms. The zero-order chi connectivity index (χ0) is 25.3. The number of amides is 1. The second kappa shape index (κ2) is 17.0. The Morgan fingerprint density at radius 3 is 1.76 bits per heavy atom. The van der Waals surface area contributed by atoms with Gasteiger partial charge in [0.15, 0.2) is 17.4 Å². The minimum Gasteiger partial charge on any atom is -0.453 e. The molecule has 34 heavy (non-hydrogen) atoms. The first-order valence-electron chi connectivity index (χ1n) is 10.5. The van der Waals surface area contributed by atoms with Crippen molar-refractivity contribution in [1.29, 1.82) is 0 Å². The Morgan fingerprint density at radius 2 is 1.24 bits per heavy atom. The largest absolute Gasteiger partial charge is 0.453 e. The van der Waals surface area contributed by atoms with Crippen molar-refractivity contribution in [1.82, 2.24) is 5.32 Å². The van der Waals surface area contributed by atoms with Gasteiger partial charge in [0, 0.05) is 12.1 Å². The van der Waals surface area contributed by atoms with Crippen LogP contribution < -0.4 is 10.1 Å². The highest BCUT2D eigenvalue weighted by Crippen LogP contribution is 2.31. The van der Waals surface area contributed by atoms with Crippen LogP contribution in [0.3, 0.4) is 0 Å². The number of carbonyl (C=O) groups excluding carboxylic acids is 2. The molecule has 9 nitrogen and oxygen atoms in total. The van der Waals surface area contributed by atoms with Crippen molar-refractivity contribution in [3.05, 3.63) is 28.8 Å². The lowest BCUT2D eigenvalue weighted by atomic mass is 10.1. The minimum absolute atomic E-state index is 0.101. The van der Waals surface area contributed by atoms with E-state index in [1.165, 1.54) is 14.0 Å². The fraction of sp³-hybridized carbons (Fsp3) is 0.619. The summed E-state index contributed by atoms with van der Waals surface area (Å²) >= 11 is 0. The highest BCUT2D eigenvalue weighted by molar-refractivity contribution is 5.73. The molecule has 0 saturated carbocycles. The molecule has 0 fully saturated rings. The van der Waals surface area contributed by atoms with E-state index < -0.39 is 46.6 Å². The number of alkyl carbamates (subject to hydrolysis) is 1. The van der Waals surface area contributed by atoms with Gasteiger partial charge in [0.25, 0.3) is 0 Å². The van der Waals surface area contributed by atoms with Gasteiger partial charge in [-0.25, -0.2) is 18.0 Å². The molecule has 0 aliphatic heterocycles. The van der Waals surface area contributed by atoms with Crippen molar-refractivity contribution < 1.29 is 55.6 Å². The Bertz CT molecular complexity index is 782. The molecule has 0 atom stereocenters. The van der Waals surface area contributed by atoms with Crippen LogP contribution in [0, 0.1) is 23.3 Å². The van der Waals surface area contributed by atoms with Crippen molar-refractivity contribution in [2.75, 3.05) is 66.5 Å². The molecule has 0 saturated heterocycles. The molecule has 1 amide bonds. The number of benzene rings is 1. The third kappa shape index (κ3) is 10.6. The second-order valence-corrected chi connectivity index (χ2v) is 6.51. The summed E-state index contributed by atoms with van der Waals surface area (Å²) in [6.07, 6.45) is -1.05. The number of hydrogen-bond acceptors (Lipinski definition) is 8. The van der Waals surface area contributed by atoms with E-state index in [2.05, 4.69) is 10.1 Å². The number of nitrogens with one attached hydrogen (secondary N) is 1. The first kappa shape index (κ1) is 29.6. The number of ether oxygens (including phenoxy) is 6. The van der Waals surface area contributed by atoms with Crippen LogP contribution in [0.25, 0.3) is 0 Å². The van der Waals surface area contributed by atoms with E-state index in [9.17, 15) is 27.2 Å². The molecule has 1 aromatic carbocycles. The van der Waals surface area contributed by atoms with Crippen molar-refractivity contribution in [3.8, 4) is 5.75 Å². The quantitative estimate of drug-likeness (QED) is 0.0872. The molecule has 0 aromatic heterocycles. The summed E-state index contributed by atoms with van der Waals surface area (Å²) in [7, 11) is 1.27. The molecule has 194 valence electrons. The van der Waals surface area contributed by atoms with E-state index >= 15 is 0 Å². The zero-order valence-electron chi connectivity index (χ0n) is 19.1. The average Bonchev–Trinajstić information content (AvgIpc) is 2.83. The third-order valence-corrected chi connectivity index (χ3v) is 4.15. The molecule has 0 aliphatic rings. The Morgan fingerprint density at radius 1 is 0.735 bits per heavy atom. The molecular weight excluding hydrogens is 470 g/mol. The van der Waals surface area contributed by atoms with Gasteiger partial charge in [-0.1, -0.05) is 6.92 Å². The van der Waals surface area contributed by atoms with Gasteiger partial charge >= 0.3 is 12.1 Å². The van der Waals surface area contributed by atoms with Crippen molar-refractivity contribution in [2.24, 2.45) is 0 Å². The van der Waals surface area contributed by atoms with Crippen LogP contribution >= 0.6 is 0 Å². The minimum atomic E-state index is -2.05. The van der Waals surface area contributed by atoms with Crippen LogP contribution in [0.1, 0.15) is 18.9 Å². The van der Waals surface area contributed by atoms with E-state index in [1.807, 2.05) is 0 Å². The molecule has 0 unspecified atom stereocenters. The molecule has 0 aliphatic carbocycles. The summed E-state index contributed by atoms with van der Waals surface area (Å²) in [5, 5.41) is 2.46. The van der Waals surface area contributed by atoms with Crippen LogP contribution in [0.5, 0.6) is 5.75 Å². The van der Waals surface area contributed by atoms with E-state index in [1.54, 1.807) is 0 Å². The standard InChI is InChI=1S/C21H29F4NO8/c1-3-14-16(22)17(23)18(24)19(25)20(14)34-15(27)4-6-30-8-10-32-12-13-33-11-9-31-7-5-26-21(28)29-2/h3-13H2,1-2H3,(H,26,28). The first-order chi connectivity index (χ1) is 16.3. The lowest BCUT2D eigenvalue weighted by molar-refractivity contribution is -0.136. The van der Waals surface area contributed by atoms with Gasteiger partial charge < -0.3 is 33.7 Å². The number of hydrogen-bond donors (Lipinski definition) is 1. The zero-order valence-corrected chi connectivity index (χ0v) is 19.1. The van der Waals surface area contributed by atoms with Crippen LogP contribution in [0.4, 0.5) is 22.4 Å². The maximum atomic E-state index is 13.9. The summed E-state index contributed by atoms with van der Waals surface area (Å²) in [5.41, 5.74) is -0.566. The van der Waals surface area contributed by atoms with Gasteiger partial charge in [-0.15, -0.1) is 0 Å². The highest BCUT2D eigenvalue weighted by atomic mass is 19.2. The molecule has 0 radical (unpaired) electrons. The molecule has 13 heteroatoms. The Hall–Kier alpha value is -2.48. The van der Waals surface area contributed by atoms with Gasteiger partial charge in [-0.2, -0.15) is 4.39 Å². The van der Waals surface area contributed by atoms with Gasteiger partial charge in [-0.3, -0.25) is 4.79 Å². The fourth-order valence-corrected chi connectivity index (χ4v) is 2.46. The molecule has 0 bridgehead atoms. The van der Waals surface area contributed by atoms with Crippen LogP contribution in [0.15, 0.2) is 0 Å². The summed E-state index contributed by atoms with van der Waals surface area (Å²) in [4.78, 5) is 22.6. The molecular formula is C21H29F4NO8. The maximum Gasteiger partial charge on any atom is 0.406 e. The summed E-state index contributed by atoms with van der Waals surface area (Å²) < 4.78 is 84.3. The van der Waals surface area contributed by atoms with Crippen molar-refractivity contribution in [3.63, 3.8) is 0 Å². The molecule has 1 aromatic rings. The second-order valence-electron chi connectivity index (χ2n) is 6.51. The van der Waals surface area contributed by atoms with Crippen LogP contribution in [-0.2, 0) is 34.9 Å². The first-order valence-corrected chi connectivity index (χ1v) is 10.5. The smallest absolute Gasteiger partial charge is 0.406 e. The summed E-state index contributed by atoms with van der Waals surface area (Å²) in [5.74, 6) is -9.31. The lowest BCUT2D eigenvalue weighted by Crippen LogP contribution is -2.27. The number of esters is 1. The fourth-order valence-electron chi connectivity index (χ4n) is 2.46. The highest BCUT2D eigenvalue weighted by Gasteiger charge is 2.27. The monoisotopic (exact) mass is 499 g/mol. The summed E-state index contributed by atoms with van der Waals surface area (Å²) in [6, 6.07) is 0. The number of rotatable bonds is 17. The predicted molar refractivity (Wildman–Crippen MR) is 110 cm³/mol. The van der Waals surface area contributed by atoms with E-state index in [0.717, 1.165) is 0 Å². The molecule has 0 heterocycles. The molecule has 1 N–H and O–H groups in total.